The first-order chi connectivity index (χ1) is 16.0. The lowest BCUT2D eigenvalue weighted by Gasteiger charge is -2.48. The summed E-state index contributed by atoms with van der Waals surface area (Å²) in [5.74, 6) is 1.27. The zero-order chi connectivity index (χ0) is 22.6. The van der Waals surface area contributed by atoms with Crippen LogP contribution in [0.2, 0.25) is 0 Å². The number of guanidine groups is 1. The van der Waals surface area contributed by atoms with Gasteiger partial charge in [0.15, 0.2) is 0 Å². The number of fused-ring (bicyclic) bond motifs is 4. The Bertz CT molecular complexity index is 1020. The molecular weight excluding hydrogens is 418 g/mol. The smallest absolute Gasteiger partial charge is 0.267 e. The number of amides is 1. The van der Waals surface area contributed by atoms with Crippen molar-refractivity contribution >= 4 is 29.6 Å². The molecule has 0 bridgehead atoms. The van der Waals surface area contributed by atoms with Crippen LogP contribution in [0, 0.1) is 5.92 Å². The van der Waals surface area contributed by atoms with Crippen molar-refractivity contribution in [1.29, 1.82) is 0 Å². The minimum Gasteiger partial charge on any atom is -0.372 e. The fraction of sp³-hybridized carbons (Fsp3) is 0.583. The zero-order valence-electron chi connectivity index (χ0n) is 19.2. The molecule has 4 unspecified atom stereocenters. The van der Waals surface area contributed by atoms with E-state index in [9.17, 15) is 4.79 Å². The van der Waals surface area contributed by atoms with Crippen LogP contribution >= 0.6 is 0 Å². The highest BCUT2D eigenvalue weighted by atomic mass is 16.5. The summed E-state index contributed by atoms with van der Waals surface area (Å²) in [5.41, 5.74) is 1.82. The van der Waals surface area contributed by atoms with E-state index in [1.165, 1.54) is 12.8 Å². The second-order valence-electron chi connectivity index (χ2n) is 9.95. The van der Waals surface area contributed by atoms with E-state index in [4.69, 9.17) is 9.73 Å². The lowest BCUT2D eigenvalue weighted by atomic mass is 9.91. The molecule has 33 heavy (non-hydrogen) atoms. The number of hydrogen-bond donors (Lipinski definition) is 2. The summed E-state index contributed by atoms with van der Waals surface area (Å²) in [7, 11) is 0. The van der Waals surface area contributed by atoms with E-state index in [0.717, 1.165) is 37.3 Å². The number of rotatable bonds is 2. The summed E-state index contributed by atoms with van der Waals surface area (Å²) in [6.45, 7) is 6.62. The van der Waals surface area contributed by atoms with Crippen LogP contribution in [0.5, 0.6) is 0 Å². The van der Waals surface area contributed by atoms with Crippen molar-refractivity contribution in [1.82, 2.24) is 15.2 Å². The van der Waals surface area contributed by atoms with Crippen LogP contribution in [0.3, 0.4) is 0 Å². The highest BCUT2D eigenvalue weighted by Gasteiger charge is 2.53. The summed E-state index contributed by atoms with van der Waals surface area (Å²) >= 11 is 0. The van der Waals surface area contributed by atoms with Crippen LogP contribution in [0.4, 0.5) is 11.5 Å². The molecule has 0 radical (unpaired) electrons. The van der Waals surface area contributed by atoms with Gasteiger partial charge in [-0.3, -0.25) is 4.79 Å². The Balaban J connectivity index is 1.20. The van der Waals surface area contributed by atoms with Gasteiger partial charge >= 0.3 is 0 Å². The number of ether oxygens (including phenoxy) is 1. The van der Waals surface area contributed by atoms with Crippen molar-refractivity contribution in [3.05, 3.63) is 30.1 Å². The standard InChI is InChI=1S/C24H31N7O2/c1-15-12-30(13-16(2)33-15)18-5-6-20(25-11-18)28-23-26-10-17-9-19-22(32)27-14-24(7-3-4-8-24)31(19)21(17)29-23/h5-6,9-11,15-17,21H,3-4,7-8,12-14H2,1-2H3,(H,27,32)(H,25,28,29). The Labute approximate surface area is 194 Å². The summed E-state index contributed by atoms with van der Waals surface area (Å²) in [6, 6.07) is 4.04. The fourth-order valence-corrected chi connectivity index (χ4v) is 6.05. The molecule has 1 aromatic heterocycles. The Kier molecular flexibility index (Phi) is 4.90. The van der Waals surface area contributed by atoms with E-state index in [-0.39, 0.29) is 35.7 Å². The largest absolute Gasteiger partial charge is 0.372 e. The van der Waals surface area contributed by atoms with Crippen LogP contribution in [0.1, 0.15) is 39.5 Å². The maximum atomic E-state index is 12.6. The number of anilines is 2. The quantitative estimate of drug-likeness (QED) is 0.718. The van der Waals surface area contributed by atoms with Gasteiger partial charge in [-0.2, -0.15) is 0 Å². The lowest BCUT2D eigenvalue weighted by molar-refractivity contribution is -0.123. The van der Waals surface area contributed by atoms with Crippen LogP contribution in [0.25, 0.3) is 0 Å². The number of pyridine rings is 1. The zero-order valence-corrected chi connectivity index (χ0v) is 19.2. The van der Waals surface area contributed by atoms with Gasteiger partial charge in [-0.1, -0.05) is 12.8 Å². The van der Waals surface area contributed by atoms with Crippen molar-refractivity contribution < 1.29 is 9.53 Å². The molecule has 2 saturated heterocycles. The number of carbonyl (C=O) groups excluding carboxylic acids is 1. The summed E-state index contributed by atoms with van der Waals surface area (Å²) in [6.07, 6.45) is 10.7. The van der Waals surface area contributed by atoms with Crippen molar-refractivity contribution in [2.45, 2.75) is 63.4 Å². The first-order valence-corrected chi connectivity index (χ1v) is 12.1. The van der Waals surface area contributed by atoms with Gasteiger partial charge in [0.25, 0.3) is 5.91 Å². The third-order valence-corrected chi connectivity index (χ3v) is 7.47. The minimum absolute atomic E-state index is 0.00374. The van der Waals surface area contributed by atoms with Crippen molar-refractivity contribution in [2.75, 3.05) is 29.9 Å². The Morgan fingerprint density at radius 3 is 2.70 bits per heavy atom. The molecule has 2 N–H and O–H groups in total. The molecule has 174 valence electrons. The van der Waals surface area contributed by atoms with Crippen LogP contribution < -0.4 is 15.5 Å². The number of nitrogens with one attached hydrogen (secondary N) is 2. The SMILES string of the molecule is CC1CN(c2ccc(NC3=NC4C(C=N3)C=C3C(=O)NCC5(CCCC5)N34)nc2)CC(C)O1. The maximum absolute atomic E-state index is 12.6. The van der Waals surface area contributed by atoms with Crippen LogP contribution in [-0.2, 0) is 9.53 Å². The molecule has 1 spiro atoms. The summed E-state index contributed by atoms with van der Waals surface area (Å²) in [4.78, 5) is 31.3. The van der Waals surface area contributed by atoms with Gasteiger partial charge in [-0.15, -0.1) is 0 Å². The lowest BCUT2D eigenvalue weighted by Crippen LogP contribution is -2.62. The third kappa shape index (κ3) is 3.58. The normalized spacial score (nSPS) is 32.2. The second-order valence-corrected chi connectivity index (χ2v) is 9.95. The highest BCUT2D eigenvalue weighted by Crippen LogP contribution is 2.45. The molecular formula is C24H31N7O2. The number of morpholine rings is 1. The van der Waals surface area contributed by atoms with Gasteiger partial charge in [0.2, 0.25) is 5.96 Å². The average Bonchev–Trinajstić information content (AvgIpc) is 3.42. The molecule has 9 heteroatoms. The molecule has 1 aromatic rings. The van der Waals surface area contributed by atoms with E-state index in [2.05, 4.69) is 50.3 Å². The summed E-state index contributed by atoms with van der Waals surface area (Å²) < 4.78 is 5.84. The first-order valence-electron chi connectivity index (χ1n) is 12.1. The van der Waals surface area contributed by atoms with E-state index in [1.807, 2.05) is 24.6 Å². The van der Waals surface area contributed by atoms with Gasteiger partial charge in [-0.25, -0.2) is 15.0 Å². The van der Waals surface area contributed by atoms with E-state index >= 15 is 0 Å². The summed E-state index contributed by atoms with van der Waals surface area (Å²) in [5, 5.41) is 6.38. The molecule has 9 nitrogen and oxygen atoms in total. The maximum Gasteiger partial charge on any atom is 0.267 e. The average molecular weight is 450 g/mol. The van der Waals surface area contributed by atoms with E-state index in [0.29, 0.717) is 18.3 Å². The Morgan fingerprint density at radius 1 is 1.18 bits per heavy atom. The molecule has 4 atom stereocenters. The predicted octanol–water partition coefficient (Wildman–Crippen LogP) is 2.13. The number of aliphatic imine (C=N–C) groups is 2. The number of carbonyl (C=O) groups is 1. The van der Waals surface area contributed by atoms with Gasteiger partial charge < -0.3 is 25.2 Å². The van der Waals surface area contributed by atoms with E-state index < -0.39 is 0 Å². The fourth-order valence-electron chi connectivity index (χ4n) is 6.05. The molecule has 5 aliphatic rings. The molecule has 0 aromatic carbocycles. The molecule has 4 aliphatic heterocycles. The Hall–Kier alpha value is -2.94. The molecule has 1 amide bonds. The van der Waals surface area contributed by atoms with E-state index in [1.54, 1.807) is 0 Å². The van der Waals surface area contributed by atoms with Crippen molar-refractivity contribution in [3.8, 4) is 0 Å². The number of piperazine rings is 1. The first kappa shape index (κ1) is 20.7. The van der Waals surface area contributed by atoms with Crippen LogP contribution in [0.15, 0.2) is 40.1 Å². The van der Waals surface area contributed by atoms with Gasteiger partial charge in [0.1, 0.15) is 17.7 Å². The van der Waals surface area contributed by atoms with Crippen molar-refractivity contribution in [3.63, 3.8) is 0 Å². The number of nitrogens with zero attached hydrogens (tertiary/aromatic N) is 5. The molecule has 3 fully saturated rings. The minimum atomic E-state index is -0.125. The monoisotopic (exact) mass is 449 g/mol. The molecule has 5 heterocycles. The Morgan fingerprint density at radius 2 is 1.97 bits per heavy atom. The highest BCUT2D eigenvalue weighted by molar-refractivity contribution is 6.01. The topological polar surface area (TPSA) is 94.4 Å². The number of hydrogen-bond acceptors (Lipinski definition) is 8. The van der Waals surface area contributed by atoms with Gasteiger partial charge in [0.05, 0.1) is 35.5 Å². The predicted molar refractivity (Wildman–Crippen MR) is 127 cm³/mol. The molecule has 1 aliphatic carbocycles. The number of aromatic nitrogens is 1. The van der Waals surface area contributed by atoms with Crippen LogP contribution in [-0.4, -0.2) is 71.5 Å². The third-order valence-electron chi connectivity index (χ3n) is 7.47. The van der Waals surface area contributed by atoms with Gasteiger partial charge in [0, 0.05) is 25.8 Å². The van der Waals surface area contributed by atoms with Gasteiger partial charge in [-0.05, 0) is 44.9 Å². The molecule has 1 saturated carbocycles. The molecule has 6 rings (SSSR count). The van der Waals surface area contributed by atoms with Crippen molar-refractivity contribution in [2.24, 2.45) is 15.9 Å². The second kappa shape index (κ2) is 7.83.